The fourth-order valence-corrected chi connectivity index (χ4v) is 2.69. The average molecular weight is 354 g/mol. The fourth-order valence-electron chi connectivity index (χ4n) is 1.82. The number of hydrogen-bond acceptors (Lipinski definition) is 5. The predicted molar refractivity (Wildman–Crippen MR) is 91.1 cm³/mol. The molecule has 1 aromatic heterocycles. The van der Waals surface area contributed by atoms with Gasteiger partial charge in [-0.3, -0.25) is 9.59 Å². The number of methoxy groups -OCH3 is 1. The van der Waals surface area contributed by atoms with E-state index in [1.807, 2.05) is 13.0 Å². The van der Waals surface area contributed by atoms with E-state index >= 15 is 0 Å². The lowest BCUT2D eigenvalue weighted by molar-refractivity contribution is -0.113. The summed E-state index contributed by atoms with van der Waals surface area (Å²) in [4.78, 5) is 30.4. The van der Waals surface area contributed by atoms with Gasteiger partial charge in [0.15, 0.2) is 5.16 Å². The number of anilines is 1. The van der Waals surface area contributed by atoms with Crippen LogP contribution in [-0.2, 0) is 16.1 Å². The van der Waals surface area contributed by atoms with Crippen molar-refractivity contribution in [3.63, 3.8) is 0 Å². The molecule has 8 heteroatoms. The molecule has 6 nitrogen and oxygen atoms in total. The van der Waals surface area contributed by atoms with E-state index in [4.69, 9.17) is 16.3 Å². The highest BCUT2D eigenvalue weighted by atomic mass is 35.5. The molecule has 0 atom stereocenters. The number of aryl methyl sites for hydroxylation is 1. The SMILES string of the molecule is COCc1cc(=O)[nH]c(SCC(=O)Nc2cc(Cl)ccc2C)n1. The molecule has 0 aliphatic carbocycles. The lowest BCUT2D eigenvalue weighted by atomic mass is 10.2. The van der Waals surface area contributed by atoms with E-state index in [1.54, 1.807) is 12.1 Å². The maximum atomic E-state index is 12.0. The van der Waals surface area contributed by atoms with Gasteiger partial charge in [0.25, 0.3) is 5.56 Å². The Morgan fingerprint density at radius 1 is 1.43 bits per heavy atom. The first-order valence-corrected chi connectivity index (χ1v) is 8.12. The van der Waals surface area contributed by atoms with E-state index in [-0.39, 0.29) is 23.8 Å². The van der Waals surface area contributed by atoms with Gasteiger partial charge in [-0.1, -0.05) is 29.4 Å². The van der Waals surface area contributed by atoms with Crippen LogP contribution < -0.4 is 10.9 Å². The van der Waals surface area contributed by atoms with Crippen LogP contribution in [0.2, 0.25) is 5.02 Å². The summed E-state index contributed by atoms with van der Waals surface area (Å²) >= 11 is 7.06. The lowest BCUT2D eigenvalue weighted by Crippen LogP contribution is -2.16. The van der Waals surface area contributed by atoms with Crippen LogP contribution in [0.25, 0.3) is 0 Å². The van der Waals surface area contributed by atoms with Gasteiger partial charge in [-0.05, 0) is 24.6 Å². The van der Waals surface area contributed by atoms with Crippen molar-refractivity contribution < 1.29 is 9.53 Å². The Bertz CT molecular complexity index is 764. The zero-order valence-corrected chi connectivity index (χ0v) is 14.3. The van der Waals surface area contributed by atoms with E-state index < -0.39 is 0 Å². The molecule has 0 unspecified atom stereocenters. The summed E-state index contributed by atoms with van der Waals surface area (Å²) < 4.78 is 4.95. The highest BCUT2D eigenvalue weighted by Crippen LogP contribution is 2.21. The fraction of sp³-hybridized carbons (Fsp3) is 0.267. The van der Waals surface area contributed by atoms with E-state index in [1.165, 1.54) is 13.2 Å². The van der Waals surface area contributed by atoms with Crippen molar-refractivity contribution in [1.82, 2.24) is 9.97 Å². The highest BCUT2D eigenvalue weighted by Gasteiger charge is 2.08. The molecule has 1 heterocycles. The lowest BCUT2D eigenvalue weighted by Gasteiger charge is -2.08. The Kier molecular flexibility index (Phi) is 6.20. The number of ether oxygens (including phenoxy) is 1. The van der Waals surface area contributed by atoms with Gasteiger partial charge in [0.05, 0.1) is 18.1 Å². The molecule has 122 valence electrons. The molecule has 2 aromatic rings. The molecule has 23 heavy (non-hydrogen) atoms. The summed E-state index contributed by atoms with van der Waals surface area (Å²) in [6.45, 7) is 2.12. The minimum absolute atomic E-state index is 0.116. The zero-order valence-electron chi connectivity index (χ0n) is 12.7. The number of aromatic amines is 1. The van der Waals surface area contributed by atoms with Crippen LogP contribution in [-0.4, -0.2) is 28.7 Å². The number of thioether (sulfide) groups is 1. The summed E-state index contributed by atoms with van der Waals surface area (Å²) in [5, 5.41) is 3.72. The number of aromatic nitrogens is 2. The molecule has 0 saturated heterocycles. The minimum Gasteiger partial charge on any atom is -0.378 e. The number of hydrogen-bond donors (Lipinski definition) is 2. The summed E-state index contributed by atoms with van der Waals surface area (Å²) in [6, 6.07) is 6.65. The molecule has 0 aliphatic heterocycles. The first kappa shape index (κ1) is 17.5. The summed E-state index contributed by atoms with van der Waals surface area (Å²) in [7, 11) is 1.52. The number of carbonyl (C=O) groups is 1. The second-order valence-electron chi connectivity index (χ2n) is 4.77. The van der Waals surface area contributed by atoms with Crippen LogP contribution in [0.1, 0.15) is 11.3 Å². The number of H-pyrrole nitrogens is 1. The Labute approximate surface area is 142 Å². The summed E-state index contributed by atoms with van der Waals surface area (Å²) in [5.74, 6) is -0.0918. The molecule has 0 radical (unpaired) electrons. The maximum Gasteiger partial charge on any atom is 0.251 e. The smallest absolute Gasteiger partial charge is 0.251 e. The number of nitrogens with one attached hydrogen (secondary N) is 2. The molecule has 1 aromatic carbocycles. The van der Waals surface area contributed by atoms with Gasteiger partial charge in [-0.25, -0.2) is 4.98 Å². The van der Waals surface area contributed by atoms with E-state index in [9.17, 15) is 9.59 Å². The van der Waals surface area contributed by atoms with Crippen LogP contribution in [0.5, 0.6) is 0 Å². The standard InChI is InChI=1S/C15H16ClN3O3S/c1-9-3-4-10(16)5-12(9)18-14(21)8-23-15-17-11(7-22-2)6-13(20)19-15/h3-6H,7-8H2,1-2H3,(H,18,21)(H,17,19,20). The molecule has 1 amide bonds. The van der Waals surface area contributed by atoms with Crippen molar-refractivity contribution in [2.75, 3.05) is 18.2 Å². The van der Waals surface area contributed by atoms with Crippen LogP contribution in [0.3, 0.4) is 0 Å². The third-order valence-corrected chi connectivity index (χ3v) is 3.99. The molecule has 0 bridgehead atoms. The van der Waals surface area contributed by atoms with Gasteiger partial charge in [0, 0.05) is 23.9 Å². The molecule has 2 N–H and O–H groups in total. The molecule has 0 spiro atoms. The first-order valence-electron chi connectivity index (χ1n) is 6.76. The van der Waals surface area contributed by atoms with Gasteiger partial charge < -0.3 is 15.0 Å². The average Bonchev–Trinajstić information content (AvgIpc) is 2.49. The first-order chi connectivity index (χ1) is 11.0. The topological polar surface area (TPSA) is 84.1 Å². The Morgan fingerprint density at radius 3 is 2.96 bits per heavy atom. The van der Waals surface area contributed by atoms with Gasteiger partial charge in [-0.2, -0.15) is 0 Å². The number of nitrogens with zero attached hydrogens (tertiary/aromatic N) is 1. The van der Waals surface area contributed by atoms with Crippen LogP contribution >= 0.6 is 23.4 Å². The van der Waals surface area contributed by atoms with E-state index in [0.29, 0.717) is 21.6 Å². The normalized spacial score (nSPS) is 10.6. The van der Waals surface area contributed by atoms with Crippen molar-refractivity contribution >= 4 is 35.0 Å². The second-order valence-corrected chi connectivity index (χ2v) is 6.17. The molecule has 0 aliphatic rings. The summed E-state index contributed by atoms with van der Waals surface area (Å²) in [6.07, 6.45) is 0. The van der Waals surface area contributed by atoms with Crippen LogP contribution in [0, 0.1) is 6.92 Å². The number of carbonyl (C=O) groups excluding carboxylic acids is 1. The molecule has 2 rings (SSSR count). The zero-order chi connectivity index (χ0) is 16.8. The number of amides is 1. The second kappa shape index (κ2) is 8.14. The van der Waals surface area contributed by atoms with Gasteiger partial charge in [0.2, 0.25) is 5.91 Å². The van der Waals surface area contributed by atoms with Crippen molar-refractivity contribution in [1.29, 1.82) is 0 Å². The van der Waals surface area contributed by atoms with Crippen LogP contribution in [0.4, 0.5) is 5.69 Å². The van der Waals surface area contributed by atoms with E-state index in [0.717, 1.165) is 17.3 Å². The van der Waals surface area contributed by atoms with Gasteiger partial charge in [-0.15, -0.1) is 0 Å². The van der Waals surface area contributed by atoms with Crippen LogP contribution in [0.15, 0.2) is 34.2 Å². The Balaban J connectivity index is 1.99. The monoisotopic (exact) mass is 353 g/mol. The quantitative estimate of drug-likeness (QED) is 0.616. The maximum absolute atomic E-state index is 12.0. The molecular weight excluding hydrogens is 338 g/mol. The number of rotatable bonds is 6. The Hall–Kier alpha value is -1.83. The third-order valence-electron chi connectivity index (χ3n) is 2.88. The van der Waals surface area contributed by atoms with Gasteiger partial charge in [0.1, 0.15) is 0 Å². The largest absolute Gasteiger partial charge is 0.378 e. The van der Waals surface area contributed by atoms with Crippen molar-refractivity contribution in [3.05, 3.63) is 50.9 Å². The van der Waals surface area contributed by atoms with Crippen molar-refractivity contribution in [2.24, 2.45) is 0 Å². The summed E-state index contributed by atoms with van der Waals surface area (Å²) in [5.41, 5.74) is 1.82. The highest BCUT2D eigenvalue weighted by molar-refractivity contribution is 7.99. The Morgan fingerprint density at radius 2 is 2.22 bits per heavy atom. The minimum atomic E-state index is -0.277. The van der Waals surface area contributed by atoms with E-state index in [2.05, 4.69) is 15.3 Å². The van der Waals surface area contributed by atoms with Crippen molar-refractivity contribution in [2.45, 2.75) is 18.7 Å². The number of halogens is 1. The predicted octanol–water partition coefficient (Wildman–Crippen LogP) is 2.61. The molecule has 0 saturated carbocycles. The third kappa shape index (κ3) is 5.38. The molecule has 0 fully saturated rings. The number of benzene rings is 1. The van der Waals surface area contributed by atoms with Gasteiger partial charge >= 0.3 is 0 Å². The molecular formula is C15H16ClN3O3S. The van der Waals surface area contributed by atoms with Crippen molar-refractivity contribution in [3.8, 4) is 0 Å².